The number of ether oxygens (including phenoxy) is 2. The van der Waals surface area contributed by atoms with Gasteiger partial charge in [-0.15, -0.1) is 0 Å². The van der Waals surface area contributed by atoms with E-state index < -0.39 is 6.29 Å². The maximum Gasteiger partial charge on any atom is 0.224 e. The van der Waals surface area contributed by atoms with Gasteiger partial charge in [-0.25, -0.2) is 5.11 Å². The van der Waals surface area contributed by atoms with Crippen molar-refractivity contribution >= 4 is 11.6 Å². The van der Waals surface area contributed by atoms with Gasteiger partial charge in [0, 0.05) is 25.0 Å². The zero-order valence-electron chi connectivity index (χ0n) is 15.1. The van der Waals surface area contributed by atoms with Gasteiger partial charge in [-0.1, -0.05) is 30.3 Å². The molecule has 1 atom stereocenters. The van der Waals surface area contributed by atoms with Crippen LogP contribution in [0.15, 0.2) is 42.5 Å². The van der Waals surface area contributed by atoms with Gasteiger partial charge < -0.3 is 19.9 Å². The first-order valence-corrected chi connectivity index (χ1v) is 9.22. The van der Waals surface area contributed by atoms with E-state index in [0.29, 0.717) is 43.9 Å². The van der Waals surface area contributed by atoms with Gasteiger partial charge in [0.05, 0.1) is 5.69 Å². The van der Waals surface area contributed by atoms with E-state index in [1.807, 2.05) is 30.3 Å². The summed E-state index contributed by atoms with van der Waals surface area (Å²) in [5, 5.41) is 23.0. The van der Waals surface area contributed by atoms with Crippen molar-refractivity contribution in [2.24, 2.45) is 0 Å². The lowest BCUT2D eigenvalue weighted by Gasteiger charge is -2.21. The molecular weight excluding hydrogens is 346 g/mol. The Hall–Kier alpha value is -2.57. The summed E-state index contributed by atoms with van der Waals surface area (Å²) in [6.45, 7) is 1.10. The zero-order valence-corrected chi connectivity index (χ0v) is 15.1. The first-order chi connectivity index (χ1) is 13.1. The van der Waals surface area contributed by atoms with Gasteiger partial charge in [0.1, 0.15) is 18.1 Å². The predicted octanol–water partition coefficient (Wildman–Crippen LogP) is 3.80. The van der Waals surface area contributed by atoms with Crippen LogP contribution >= 0.6 is 0 Å². The Morgan fingerprint density at radius 2 is 1.93 bits per heavy atom. The second-order valence-corrected chi connectivity index (χ2v) is 6.55. The number of carbonyl (C=O) groups excluding carboxylic acids is 1. The highest BCUT2D eigenvalue weighted by Crippen LogP contribution is 2.38. The molecule has 1 saturated heterocycles. The molecule has 0 saturated carbocycles. The molecule has 2 aromatic carbocycles. The second-order valence-electron chi connectivity index (χ2n) is 6.55. The number of phenolic OH excluding ortho intramolecular Hbond substituents is 1. The molecule has 0 spiro atoms. The van der Waals surface area contributed by atoms with E-state index >= 15 is 0 Å². The molecule has 27 heavy (non-hydrogen) atoms. The SMILES string of the molecule is O=C1CCc2c(O)ccc(OCc3ccccc3)c2N1.[O]C1CCCCO1. The Balaban J connectivity index is 0.000000253. The summed E-state index contributed by atoms with van der Waals surface area (Å²) < 4.78 is 10.5. The summed E-state index contributed by atoms with van der Waals surface area (Å²) in [4.78, 5) is 11.5. The van der Waals surface area contributed by atoms with Gasteiger partial charge in [-0.2, -0.15) is 0 Å². The molecule has 1 fully saturated rings. The van der Waals surface area contributed by atoms with Crippen LogP contribution < -0.4 is 10.1 Å². The largest absolute Gasteiger partial charge is 0.508 e. The molecule has 1 radical (unpaired) electrons. The molecule has 1 unspecified atom stereocenters. The van der Waals surface area contributed by atoms with Gasteiger partial charge in [0.25, 0.3) is 0 Å². The number of hydrogen-bond acceptors (Lipinski definition) is 4. The molecule has 2 heterocycles. The number of amides is 1. The summed E-state index contributed by atoms with van der Waals surface area (Å²) in [6.07, 6.45) is 3.04. The summed E-state index contributed by atoms with van der Waals surface area (Å²) in [7, 11) is 0. The third kappa shape index (κ3) is 5.45. The molecule has 2 N–H and O–H groups in total. The number of rotatable bonds is 3. The number of nitrogens with one attached hydrogen (secondary N) is 1. The van der Waals surface area contributed by atoms with Crippen LogP contribution in [0.5, 0.6) is 11.5 Å². The minimum Gasteiger partial charge on any atom is -0.508 e. The number of carbonyl (C=O) groups is 1. The van der Waals surface area contributed by atoms with E-state index in [4.69, 9.17) is 9.47 Å². The minimum absolute atomic E-state index is 0.0485. The number of benzene rings is 2. The van der Waals surface area contributed by atoms with E-state index in [0.717, 1.165) is 24.0 Å². The first-order valence-electron chi connectivity index (χ1n) is 9.22. The highest BCUT2D eigenvalue weighted by Gasteiger charge is 2.21. The summed E-state index contributed by atoms with van der Waals surface area (Å²) in [5.74, 6) is 0.745. The number of phenols is 1. The van der Waals surface area contributed by atoms with Crippen LogP contribution in [0.2, 0.25) is 0 Å². The quantitative estimate of drug-likeness (QED) is 0.860. The average molecular weight is 370 g/mol. The normalized spacial score (nSPS) is 18.6. The van der Waals surface area contributed by atoms with Gasteiger partial charge >= 0.3 is 0 Å². The third-order valence-corrected chi connectivity index (χ3v) is 4.49. The second kappa shape index (κ2) is 9.39. The number of aromatic hydroxyl groups is 1. The first kappa shape index (κ1) is 19.2. The fourth-order valence-electron chi connectivity index (χ4n) is 3.01. The predicted molar refractivity (Wildman–Crippen MR) is 100 cm³/mol. The Morgan fingerprint density at radius 1 is 1.11 bits per heavy atom. The van der Waals surface area contributed by atoms with E-state index in [2.05, 4.69) is 5.32 Å². The Morgan fingerprint density at radius 3 is 2.59 bits per heavy atom. The molecule has 1 amide bonds. The highest BCUT2D eigenvalue weighted by molar-refractivity contribution is 5.96. The van der Waals surface area contributed by atoms with E-state index in [9.17, 15) is 15.0 Å². The maximum atomic E-state index is 11.5. The maximum absolute atomic E-state index is 11.5. The van der Waals surface area contributed by atoms with Crippen molar-refractivity contribution in [3.63, 3.8) is 0 Å². The molecule has 2 aromatic rings. The van der Waals surface area contributed by atoms with Crippen molar-refractivity contribution in [3.05, 3.63) is 53.6 Å². The lowest BCUT2D eigenvalue weighted by Crippen LogP contribution is -2.19. The topological polar surface area (TPSA) is 87.7 Å². The Labute approximate surface area is 158 Å². The zero-order chi connectivity index (χ0) is 19.1. The van der Waals surface area contributed by atoms with Crippen LogP contribution in [0.3, 0.4) is 0 Å². The van der Waals surface area contributed by atoms with Crippen LogP contribution in [0.1, 0.15) is 36.8 Å². The van der Waals surface area contributed by atoms with E-state index in [1.165, 1.54) is 0 Å². The van der Waals surface area contributed by atoms with Crippen molar-refractivity contribution in [2.75, 3.05) is 11.9 Å². The summed E-state index contributed by atoms with van der Waals surface area (Å²) in [5.41, 5.74) is 2.39. The van der Waals surface area contributed by atoms with Gasteiger partial charge in [-0.3, -0.25) is 4.79 Å². The molecule has 0 aliphatic carbocycles. The summed E-state index contributed by atoms with van der Waals surface area (Å²) >= 11 is 0. The molecule has 2 aliphatic rings. The van der Waals surface area contributed by atoms with Crippen LogP contribution in [-0.4, -0.2) is 23.9 Å². The lowest BCUT2D eigenvalue weighted by atomic mass is 10.0. The molecule has 6 heteroatoms. The molecule has 4 rings (SSSR count). The minimum atomic E-state index is -0.714. The average Bonchev–Trinajstić information content (AvgIpc) is 2.69. The monoisotopic (exact) mass is 370 g/mol. The van der Waals surface area contributed by atoms with Crippen molar-refractivity contribution in [2.45, 2.75) is 45.0 Å². The van der Waals surface area contributed by atoms with Crippen LogP contribution in [0.25, 0.3) is 0 Å². The van der Waals surface area contributed by atoms with Crippen LogP contribution in [0.4, 0.5) is 5.69 Å². The fraction of sp³-hybridized carbons (Fsp3) is 0.381. The van der Waals surface area contributed by atoms with Crippen molar-refractivity contribution < 1.29 is 24.5 Å². The third-order valence-electron chi connectivity index (χ3n) is 4.49. The van der Waals surface area contributed by atoms with Gasteiger partial charge in [0.15, 0.2) is 6.29 Å². The van der Waals surface area contributed by atoms with E-state index in [1.54, 1.807) is 12.1 Å². The van der Waals surface area contributed by atoms with Crippen molar-refractivity contribution in [1.29, 1.82) is 0 Å². The molecule has 143 valence electrons. The van der Waals surface area contributed by atoms with Crippen molar-refractivity contribution in [3.8, 4) is 11.5 Å². The smallest absolute Gasteiger partial charge is 0.224 e. The number of fused-ring (bicyclic) bond motifs is 1. The van der Waals surface area contributed by atoms with Crippen LogP contribution in [0, 0.1) is 0 Å². The number of hydrogen-bond donors (Lipinski definition) is 2. The van der Waals surface area contributed by atoms with Crippen LogP contribution in [-0.2, 0) is 27.7 Å². The molecule has 0 aromatic heterocycles. The van der Waals surface area contributed by atoms with Gasteiger partial charge in [0.2, 0.25) is 5.91 Å². The summed E-state index contributed by atoms with van der Waals surface area (Å²) in [6, 6.07) is 13.1. The molecule has 0 bridgehead atoms. The highest BCUT2D eigenvalue weighted by atomic mass is 16.6. The Bertz CT molecular complexity index is 757. The van der Waals surface area contributed by atoms with Crippen molar-refractivity contribution in [1.82, 2.24) is 0 Å². The molecular formula is C21H24NO5. The molecule has 6 nitrogen and oxygen atoms in total. The van der Waals surface area contributed by atoms with Gasteiger partial charge in [-0.05, 0) is 37.0 Å². The fourth-order valence-corrected chi connectivity index (χ4v) is 3.01. The lowest BCUT2D eigenvalue weighted by molar-refractivity contribution is -0.160. The number of anilines is 1. The standard InChI is InChI=1S/C16H15NO3.C5H9O2/c18-13-7-8-14(16-12(13)6-9-15(19)17-16)20-10-11-4-2-1-3-5-11;6-5-3-1-2-4-7-5/h1-5,7-8,18H,6,9-10H2,(H,17,19);5H,1-4H2. The van der Waals surface area contributed by atoms with E-state index in [-0.39, 0.29) is 11.7 Å². The Kier molecular flexibility index (Phi) is 6.68. The molecule has 2 aliphatic heterocycles.